The maximum Gasteiger partial charge on any atom is 0.143 e. The first-order valence-corrected chi connectivity index (χ1v) is 5.64. The van der Waals surface area contributed by atoms with Crippen LogP contribution in [0.15, 0.2) is 12.1 Å². The van der Waals surface area contributed by atoms with E-state index >= 15 is 0 Å². The van der Waals surface area contributed by atoms with Gasteiger partial charge in [0.15, 0.2) is 0 Å². The summed E-state index contributed by atoms with van der Waals surface area (Å²) in [6, 6.07) is 4.17. The van der Waals surface area contributed by atoms with Crippen molar-refractivity contribution in [3.05, 3.63) is 23.5 Å². The molecule has 0 bridgehead atoms. The largest absolute Gasteiger partial charge is 0.394 e. The third-order valence-corrected chi connectivity index (χ3v) is 2.97. The number of benzene rings is 1. The molecule has 0 spiro atoms. The van der Waals surface area contributed by atoms with Crippen LogP contribution in [-0.4, -0.2) is 26.7 Å². The van der Waals surface area contributed by atoms with Gasteiger partial charge in [-0.1, -0.05) is 19.1 Å². The van der Waals surface area contributed by atoms with Crippen LogP contribution in [0.5, 0.6) is 0 Å². The highest BCUT2D eigenvalue weighted by Crippen LogP contribution is 2.25. The molecule has 2 aromatic rings. The minimum absolute atomic E-state index is 0.0865. The summed E-state index contributed by atoms with van der Waals surface area (Å²) < 4.78 is 15.0. The molecule has 5 nitrogen and oxygen atoms in total. The van der Waals surface area contributed by atoms with Gasteiger partial charge in [0.05, 0.1) is 12.6 Å². The Labute approximate surface area is 103 Å². The van der Waals surface area contributed by atoms with Crippen LogP contribution in [-0.2, 0) is 0 Å². The van der Waals surface area contributed by atoms with Crippen LogP contribution in [0.2, 0.25) is 0 Å². The average molecular weight is 248 g/mol. The van der Waals surface area contributed by atoms with Crippen LogP contribution in [0.3, 0.4) is 0 Å². The molecule has 0 amide bonds. The monoisotopic (exact) mass is 248 g/mol. The van der Waals surface area contributed by atoms with E-state index in [0.717, 1.165) is 0 Å². The van der Waals surface area contributed by atoms with Gasteiger partial charge >= 0.3 is 0 Å². The molecule has 0 saturated carbocycles. The number of hydrogen-bond acceptors (Lipinski definition) is 4. The molecule has 1 aromatic carbocycles. The van der Waals surface area contributed by atoms with Crippen molar-refractivity contribution in [3.63, 3.8) is 0 Å². The molecular weight excluding hydrogens is 235 g/mol. The zero-order chi connectivity index (χ0) is 13.3. The number of aromatic nitrogens is 3. The Morgan fingerprint density at radius 3 is 2.78 bits per heavy atom. The SMILES string of the molecule is CC(C)C(CO)n1nnc2ccc(F)c(C#N)c21. The van der Waals surface area contributed by atoms with Crippen LogP contribution in [0.4, 0.5) is 4.39 Å². The Bertz CT molecular complexity index is 614. The Balaban J connectivity index is 2.73. The minimum Gasteiger partial charge on any atom is -0.394 e. The van der Waals surface area contributed by atoms with Gasteiger partial charge in [0.25, 0.3) is 0 Å². The zero-order valence-corrected chi connectivity index (χ0v) is 10.1. The fraction of sp³-hybridized carbons (Fsp3) is 0.417. The highest BCUT2D eigenvalue weighted by molar-refractivity contribution is 5.81. The smallest absolute Gasteiger partial charge is 0.143 e. The molecule has 0 saturated heterocycles. The topological polar surface area (TPSA) is 74.7 Å². The number of aliphatic hydroxyl groups is 1. The molecular formula is C12H13FN4O. The Kier molecular flexibility index (Phi) is 3.26. The van der Waals surface area contributed by atoms with Crippen molar-refractivity contribution in [2.24, 2.45) is 5.92 Å². The van der Waals surface area contributed by atoms with Crippen LogP contribution in [0, 0.1) is 23.1 Å². The summed E-state index contributed by atoms with van der Waals surface area (Å²) in [4.78, 5) is 0. The van der Waals surface area contributed by atoms with E-state index in [1.165, 1.54) is 16.8 Å². The van der Waals surface area contributed by atoms with Gasteiger partial charge in [0.1, 0.15) is 28.5 Å². The summed E-state index contributed by atoms with van der Waals surface area (Å²) in [6.45, 7) is 3.69. The second-order valence-electron chi connectivity index (χ2n) is 4.43. The van der Waals surface area contributed by atoms with E-state index in [1.54, 1.807) is 0 Å². The van der Waals surface area contributed by atoms with Gasteiger partial charge in [-0.3, -0.25) is 0 Å². The molecule has 0 aliphatic rings. The predicted molar refractivity (Wildman–Crippen MR) is 63.2 cm³/mol. The summed E-state index contributed by atoms with van der Waals surface area (Å²) in [5.41, 5.74) is 0.703. The third kappa shape index (κ3) is 1.83. The molecule has 1 N–H and O–H groups in total. The molecule has 0 aliphatic heterocycles. The van der Waals surface area contributed by atoms with Crippen molar-refractivity contribution in [1.29, 1.82) is 5.26 Å². The molecule has 0 fully saturated rings. The summed E-state index contributed by atoms with van der Waals surface area (Å²) in [5, 5.41) is 26.3. The second kappa shape index (κ2) is 4.70. The number of fused-ring (bicyclic) bond motifs is 1. The van der Waals surface area contributed by atoms with Gasteiger partial charge < -0.3 is 5.11 Å². The van der Waals surface area contributed by atoms with E-state index in [-0.39, 0.29) is 24.1 Å². The zero-order valence-electron chi connectivity index (χ0n) is 10.1. The summed E-state index contributed by atoms with van der Waals surface area (Å²) >= 11 is 0. The molecule has 18 heavy (non-hydrogen) atoms. The van der Waals surface area contributed by atoms with Crippen molar-refractivity contribution in [2.45, 2.75) is 19.9 Å². The maximum absolute atomic E-state index is 13.6. The molecule has 1 atom stereocenters. The van der Waals surface area contributed by atoms with Crippen LogP contribution >= 0.6 is 0 Å². The maximum atomic E-state index is 13.6. The number of nitriles is 1. The summed E-state index contributed by atoms with van der Waals surface area (Å²) in [5.74, 6) is -0.510. The van der Waals surface area contributed by atoms with Crippen molar-refractivity contribution in [2.75, 3.05) is 6.61 Å². The van der Waals surface area contributed by atoms with E-state index in [4.69, 9.17) is 5.26 Å². The Hall–Kier alpha value is -2.00. The van der Waals surface area contributed by atoms with E-state index in [0.29, 0.717) is 11.0 Å². The number of aliphatic hydroxyl groups excluding tert-OH is 1. The van der Waals surface area contributed by atoms with Gasteiger partial charge in [-0.15, -0.1) is 5.10 Å². The van der Waals surface area contributed by atoms with Gasteiger partial charge in [0, 0.05) is 0 Å². The molecule has 1 aromatic heterocycles. The normalized spacial score (nSPS) is 12.9. The van der Waals surface area contributed by atoms with Crippen LogP contribution in [0.1, 0.15) is 25.5 Å². The standard InChI is InChI=1S/C12H13FN4O/c1-7(2)11(6-18)17-12-8(5-14)9(13)3-4-10(12)15-16-17/h3-4,7,11,18H,6H2,1-2H3. The molecule has 1 unspecified atom stereocenters. The predicted octanol–water partition coefficient (Wildman–Crippen LogP) is 1.63. The van der Waals surface area contributed by atoms with E-state index in [1.807, 2.05) is 19.9 Å². The highest BCUT2D eigenvalue weighted by Gasteiger charge is 2.22. The fourth-order valence-electron chi connectivity index (χ4n) is 1.92. The van der Waals surface area contributed by atoms with Crippen molar-refractivity contribution < 1.29 is 9.50 Å². The number of halogens is 1. The number of rotatable bonds is 3. The quantitative estimate of drug-likeness (QED) is 0.895. The molecule has 0 radical (unpaired) electrons. The first kappa shape index (κ1) is 12.5. The van der Waals surface area contributed by atoms with Gasteiger partial charge in [0.2, 0.25) is 0 Å². The molecule has 0 aliphatic carbocycles. The highest BCUT2D eigenvalue weighted by atomic mass is 19.1. The lowest BCUT2D eigenvalue weighted by atomic mass is 10.0. The number of nitrogens with zero attached hydrogens (tertiary/aromatic N) is 4. The van der Waals surface area contributed by atoms with Crippen LogP contribution < -0.4 is 0 Å². The molecule has 94 valence electrons. The molecule has 2 rings (SSSR count). The second-order valence-corrected chi connectivity index (χ2v) is 4.43. The van der Waals surface area contributed by atoms with Gasteiger partial charge in [-0.25, -0.2) is 9.07 Å². The lowest BCUT2D eigenvalue weighted by molar-refractivity contribution is 0.184. The van der Waals surface area contributed by atoms with Gasteiger partial charge in [-0.2, -0.15) is 5.26 Å². The summed E-state index contributed by atoms with van der Waals surface area (Å²) in [7, 11) is 0. The van der Waals surface area contributed by atoms with Crippen molar-refractivity contribution in [3.8, 4) is 6.07 Å². The fourth-order valence-corrected chi connectivity index (χ4v) is 1.92. The lowest BCUT2D eigenvalue weighted by Crippen LogP contribution is -2.20. The van der Waals surface area contributed by atoms with Crippen molar-refractivity contribution in [1.82, 2.24) is 15.0 Å². The summed E-state index contributed by atoms with van der Waals surface area (Å²) in [6.07, 6.45) is 0. The molecule has 1 heterocycles. The first-order chi connectivity index (χ1) is 8.60. The van der Waals surface area contributed by atoms with E-state index in [2.05, 4.69) is 10.3 Å². The molecule has 6 heteroatoms. The average Bonchev–Trinajstić information content (AvgIpc) is 2.74. The minimum atomic E-state index is -0.603. The lowest BCUT2D eigenvalue weighted by Gasteiger charge is -2.19. The van der Waals surface area contributed by atoms with Crippen molar-refractivity contribution >= 4 is 11.0 Å². The number of hydrogen-bond donors (Lipinski definition) is 1. The third-order valence-electron chi connectivity index (χ3n) is 2.97. The Morgan fingerprint density at radius 1 is 1.50 bits per heavy atom. The van der Waals surface area contributed by atoms with Crippen LogP contribution in [0.25, 0.3) is 11.0 Å². The van der Waals surface area contributed by atoms with E-state index in [9.17, 15) is 9.50 Å². The van der Waals surface area contributed by atoms with E-state index < -0.39 is 5.82 Å². The Morgan fingerprint density at radius 2 is 2.22 bits per heavy atom. The van der Waals surface area contributed by atoms with Gasteiger partial charge in [-0.05, 0) is 18.1 Å². The first-order valence-electron chi connectivity index (χ1n) is 5.64.